The minimum absolute atomic E-state index is 0.0804. The number of aryl methyl sites for hydroxylation is 1. The van der Waals surface area contributed by atoms with Gasteiger partial charge in [-0.05, 0) is 37.1 Å². The van der Waals surface area contributed by atoms with Gasteiger partial charge in [0.25, 0.3) is 0 Å². The lowest BCUT2D eigenvalue weighted by Gasteiger charge is -2.32. The monoisotopic (exact) mass is 395 g/mol. The van der Waals surface area contributed by atoms with Crippen LogP contribution < -0.4 is 5.69 Å². The lowest BCUT2D eigenvalue weighted by Crippen LogP contribution is -2.37. The molecule has 0 atom stereocenters. The second-order valence-electron chi connectivity index (χ2n) is 7.55. The second kappa shape index (κ2) is 6.79. The Bertz CT molecular complexity index is 1210. The Kier molecular flexibility index (Phi) is 4.25. The van der Waals surface area contributed by atoms with Crippen molar-refractivity contribution in [3.8, 4) is 0 Å². The molecule has 144 valence electrons. The number of likely N-dealkylation sites (tertiary alicyclic amines) is 1. The zero-order chi connectivity index (χ0) is 19.3. The van der Waals surface area contributed by atoms with Crippen LogP contribution >= 0.6 is 11.6 Å². The third-order valence-electron chi connectivity index (χ3n) is 5.77. The van der Waals surface area contributed by atoms with Crippen molar-refractivity contribution in [3.05, 3.63) is 70.0 Å². The first-order valence-electron chi connectivity index (χ1n) is 9.61. The normalized spacial score (nSPS) is 16.4. The molecule has 0 spiro atoms. The maximum Gasteiger partial charge on any atom is 0.329 e. The Hall–Kier alpha value is -2.57. The van der Waals surface area contributed by atoms with Gasteiger partial charge in [-0.15, -0.1) is 0 Å². The van der Waals surface area contributed by atoms with Crippen molar-refractivity contribution in [1.29, 1.82) is 0 Å². The quantitative estimate of drug-likeness (QED) is 0.533. The van der Waals surface area contributed by atoms with E-state index >= 15 is 0 Å². The van der Waals surface area contributed by atoms with Crippen LogP contribution in [0, 0.1) is 0 Å². The van der Waals surface area contributed by atoms with Crippen LogP contribution in [0.1, 0.15) is 24.6 Å². The minimum atomic E-state index is 0.0804. The third-order valence-corrected chi connectivity index (χ3v) is 5.99. The molecule has 1 aliphatic heterocycles. The van der Waals surface area contributed by atoms with Gasteiger partial charge in [-0.25, -0.2) is 9.78 Å². The summed E-state index contributed by atoms with van der Waals surface area (Å²) in [6, 6.07) is 12.1. The highest BCUT2D eigenvalue weighted by molar-refractivity contribution is 6.30. The van der Waals surface area contributed by atoms with Crippen LogP contribution in [0.5, 0.6) is 0 Å². The van der Waals surface area contributed by atoms with Gasteiger partial charge in [0, 0.05) is 45.1 Å². The van der Waals surface area contributed by atoms with Gasteiger partial charge >= 0.3 is 5.69 Å². The standard InChI is InChI=1S/C21H22ClN5O/c1-24-18-4-2-3-5-19(18)27(21(24)28)17-8-10-25(11-9-17)13-16-14-26-12-15(22)6-7-20(26)23-16/h2-7,12,14,17H,8-11,13H2,1H3. The summed E-state index contributed by atoms with van der Waals surface area (Å²) in [6.07, 6.45) is 5.86. The summed E-state index contributed by atoms with van der Waals surface area (Å²) >= 11 is 6.06. The van der Waals surface area contributed by atoms with Gasteiger partial charge in [0.1, 0.15) is 5.65 Å². The Labute approximate surface area is 167 Å². The highest BCUT2D eigenvalue weighted by Gasteiger charge is 2.24. The number of halogens is 1. The molecule has 1 saturated heterocycles. The van der Waals surface area contributed by atoms with Gasteiger partial charge in [0.15, 0.2) is 0 Å². The molecule has 28 heavy (non-hydrogen) atoms. The number of aromatic nitrogens is 4. The maximum absolute atomic E-state index is 12.8. The number of imidazole rings is 2. The summed E-state index contributed by atoms with van der Waals surface area (Å²) in [6.45, 7) is 2.72. The van der Waals surface area contributed by atoms with E-state index in [1.807, 2.05) is 64.8 Å². The Morgan fingerprint density at radius 1 is 1.07 bits per heavy atom. The average Bonchev–Trinajstić information content (AvgIpc) is 3.21. The smallest absolute Gasteiger partial charge is 0.305 e. The van der Waals surface area contributed by atoms with Crippen LogP contribution in [0.2, 0.25) is 5.02 Å². The number of para-hydroxylation sites is 2. The summed E-state index contributed by atoms with van der Waals surface area (Å²) in [5.41, 5.74) is 4.07. The zero-order valence-electron chi connectivity index (χ0n) is 15.8. The number of rotatable bonds is 3. The fourth-order valence-corrected chi connectivity index (χ4v) is 4.50. The van der Waals surface area contributed by atoms with E-state index in [1.54, 1.807) is 4.57 Å². The molecular weight excluding hydrogens is 374 g/mol. The van der Waals surface area contributed by atoms with Gasteiger partial charge < -0.3 is 4.40 Å². The SMILES string of the molecule is Cn1c(=O)n(C2CCN(Cc3cn4cc(Cl)ccc4n3)CC2)c2ccccc21. The van der Waals surface area contributed by atoms with Crippen LogP contribution in [0.15, 0.2) is 53.6 Å². The van der Waals surface area contributed by atoms with Crippen molar-refractivity contribution in [2.45, 2.75) is 25.4 Å². The lowest BCUT2D eigenvalue weighted by atomic mass is 10.0. The first kappa shape index (κ1) is 17.5. The number of nitrogens with zero attached hydrogens (tertiary/aromatic N) is 5. The summed E-state index contributed by atoms with van der Waals surface area (Å²) in [7, 11) is 1.85. The number of fused-ring (bicyclic) bond motifs is 2. The average molecular weight is 396 g/mol. The summed E-state index contributed by atoms with van der Waals surface area (Å²) < 4.78 is 5.71. The van der Waals surface area contributed by atoms with Gasteiger partial charge in [-0.3, -0.25) is 14.0 Å². The van der Waals surface area contributed by atoms with Gasteiger partial charge in [-0.2, -0.15) is 0 Å². The zero-order valence-corrected chi connectivity index (χ0v) is 16.5. The first-order chi connectivity index (χ1) is 13.6. The van der Waals surface area contributed by atoms with Crippen molar-refractivity contribution < 1.29 is 0 Å². The molecule has 1 aromatic carbocycles. The largest absolute Gasteiger partial charge is 0.329 e. The van der Waals surface area contributed by atoms with Crippen molar-refractivity contribution in [2.75, 3.05) is 13.1 Å². The van der Waals surface area contributed by atoms with Crippen LogP contribution in [-0.2, 0) is 13.6 Å². The van der Waals surface area contributed by atoms with E-state index in [9.17, 15) is 4.79 Å². The van der Waals surface area contributed by atoms with E-state index < -0.39 is 0 Å². The lowest BCUT2D eigenvalue weighted by molar-refractivity contribution is 0.178. The molecule has 7 heteroatoms. The molecule has 1 aliphatic rings. The number of hydrogen-bond acceptors (Lipinski definition) is 3. The Morgan fingerprint density at radius 3 is 2.61 bits per heavy atom. The van der Waals surface area contributed by atoms with E-state index in [-0.39, 0.29) is 11.7 Å². The molecule has 4 aromatic rings. The molecular formula is C21H22ClN5O. The van der Waals surface area contributed by atoms with Crippen LogP contribution in [0.25, 0.3) is 16.7 Å². The van der Waals surface area contributed by atoms with E-state index in [4.69, 9.17) is 11.6 Å². The Balaban J connectivity index is 1.32. The van der Waals surface area contributed by atoms with Crippen molar-refractivity contribution >= 4 is 28.3 Å². The molecule has 0 bridgehead atoms. The summed E-state index contributed by atoms with van der Waals surface area (Å²) in [5.74, 6) is 0. The molecule has 0 radical (unpaired) electrons. The molecule has 4 heterocycles. The molecule has 6 nitrogen and oxygen atoms in total. The maximum atomic E-state index is 12.8. The fourth-order valence-electron chi connectivity index (χ4n) is 4.33. The molecule has 0 N–H and O–H groups in total. The predicted octanol–water partition coefficient (Wildman–Crippen LogP) is 3.48. The first-order valence-corrected chi connectivity index (χ1v) is 9.99. The second-order valence-corrected chi connectivity index (χ2v) is 7.99. The predicted molar refractivity (Wildman–Crippen MR) is 111 cm³/mol. The van der Waals surface area contributed by atoms with Gasteiger partial charge in [0.05, 0.1) is 21.7 Å². The fraction of sp³-hybridized carbons (Fsp3) is 0.333. The van der Waals surface area contributed by atoms with Crippen molar-refractivity contribution in [1.82, 2.24) is 23.4 Å². The number of piperidine rings is 1. The summed E-state index contributed by atoms with van der Waals surface area (Å²) in [4.78, 5) is 19.9. The topological polar surface area (TPSA) is 47.5 Å². The molecule has 5 rings (SSSR count). The molecule has 1 fully saturated rings. The van der Waals surface area contributed by atoms with Crippen molar-refractivity contribution in [3.63, 3.8) is 0 Å². The van der Waals surface area contributed by atoms with E-state index in [1.165, 1.54) is 0 Å². The van der Waals surface area contributed by atoms with Crippen LogP contribution in [0.3, 0.4) is 0 Å². The van der Waals surface area contributed by atoms with E-state index in [2.05, 4.69) is 9.88 Å². The molecule has 0 amide bonds. The van der Waals surface area contributed by atoms with Crippen LogP contribution in [-0.4, -0.2) is 36.5 Å². The highest BCUT2D eigenvalue weighted by atomic mass is 35.5. The van der Waals surface area contributed by atoms with Gasteiger partial charge in [-0.1, -0.05) is 23.7 Å². The third kappa shape index (κ3) is 2.93. The van der Waals surface area contributed by atoms with Gasteiger partial charge in [0.2, 0.25) is 0 Å². The highest BCUT2D eigenvalue weighted by Crippen LogP contribution is 2.26. The number of hydrogen-bond donors (Lipinski definition) is 0. The molecule has 0 aliphatic carbocycles. The van der Waals surface area contributed by atoms with Crippen molar-refractivity contribution in [2.24, 2.45) is 7.05 Å². The minimum Gasteiger partial charge on any atom is -0.305 e. The van der Waals surface area contributed by atoms with Crippen LogP contribution in [0.4, 0.5) is 0 Å². The molecule has 3 aromatic heterocycles. The molecule has 0 unspecified atom stereocenters. The number of benzene rings is 1. The van der Waals surface area contributed by atoms with E-state index in [0.717, 1.165) is 54.9 Å². The van der Waals surface area contributed by atoms with E-state index in [0.29, 0.717) is 5.02 Å². The number of pyridine rings is 1. The molecule has 0 saturated carbocycles. The summed E-state index contributed by atoms with van der Waals surface area (Å²) in [5, 5.41) is 0.706. The Morgan fingerprint density at radius 2 is 1.82 bits per heavy atom.